The van der Waals surface area contributed by atoms with Gasteiger partial charge < -0.3 is 23.9 Å². The molecule has 0 fully saturated rings. The topological polar surface area (TPSA) is 87.0 Å². The van der Waals surface area contributed by atoms with Crippen molar-refractivity contribution in [3.8, 4) is 11.5 Å². The molecule has 28 heavy (non-hydrogen) atoms. The van der Waals surface area contributed by atoms with E-state index >= 15 is 0 Å². The number of ether oxygens (including phenoxy) is 3. The highest BCUT2D eigenvalue weighted by Gasteiger charge is 2.21. The molecule has 0 saturated heterocycles. The van der Waals surface area contributed by atoms with Gasteiger partial charge in [-0.05, 0) is 25.1 Å². The van der Waals surface area contributed by atoms with Gasteiger partial charge in [-0.25, -0.2) is 4.79 Å². The van der Waals surface area contributed by atoms with Crippen LogP contribution in [-0.2, 0) is 9.53 Å². The minimum absolute atomic E-state index is 0.0158. The third-order valence-corrected chi connectivity index (χ3v) is 4.40. The van der Waals surface area contributed by atoms with Crippen LogP contribution in [0.3, 0.4) is 0 Å². The molecule has 3 rings (SSSR count). The Balaban J connectivity index is 1.66. The number of anilines is 1. The lowest BCUT2D eigenvalue weighted by atomic mass is 10.1. The summed E-state index contributed by atoms with van der Waals surface area (Å²) in [5.74, 6) is -0.236. The zero-order chi connectivity index (χ0) is 20.3. The molecule has 2 aromatic carbocycles. The Labute approximate surface area is 166 Å². The quantitative estimate of drug-likeness (QED) is 0.620. The fourth-order valence-corrected chi connectivity index (χ4v) is 2.92. The van der Waals surface area contributed by atoms with Gasteiger partial charge in [0.15, 0.2) is 23.7 Å². The van der Waals surface area contributed by atoms with Gasteiger partial charge in [-0.15, -0.1) is 0 Å². The highest BCUT2D eigenvalue weighted by Crippen LogP contribution is 2.31. The normalized spacial score (nSPS) is 10.6. The Kier molecular flexibility index (Phi) is 5.75. The average Bonchev–Trinajstić information content (AvgIpc) is 3.04. The summed E-state index contributed by atoms with van der Waals surface area (Å²) in [5.41, 5.74) is 1.48. The number of benzene rings is 2. The maximum atomic E-state index is 12.3. The van der Waals surface area contributed by atoms with Gasteiger partial charge in [0.2, 0.25) is 5.76 Å². The molecule has 0 aliphatic carbocycles. The molecule has 1 aromatic heterocycles. The van der Waals surface area contributed by atoms with E-state index in [1.165, 1.54) is 14.2 Å². The summed E-state index contributed by atoms with van der Waals surface area (Å²) in [4.78, 5) is 24.4. The maximum Gasteiger partial charge on any atom is 0.375 e. The van der Waals surface area contributed by atoms with Crippen molar-refractivity contribution in [1.29, 1.82) is 0 Å². The van der Waals surface area contributed by atoms with Crippen LogP contribution in [0.2, 0.25) is 5.02 Å². The lowest BCUT2D eigenvalue weighted by Crippen LogP contribution is -2.21. The molecule has 0 atom stereocenters. The number of rotatable bonds is 6. The molecule has 1 heterocycles. The number of methoxy groups -OCH3 is 2. The molecule has 0 saturated carbocycles. The first-order valence-electron chi connectivity index (χ1n) is 8.31. The summed E-state index contributed by atoms with van der Waals surface area (Å²) >= 11 is 6.08. The van der Waals surface area contributed by atoms with Crippen LogP contribution < -0.4 is 14.8 Å². The Morgan fingerprint density at radius 3 is 2.54 bits per heavy atom. The number of aryl methyl sites for hydroxylation is 1. The summed E-state index contributed by atoms with van der Waals surface area (Å²) in [6, 6.07) is 10.1. The second kappa shape index (κ2) is 8.22. The van der Waals surface area contributed by atoms with Crippen molar-refractivity contribution >= 4 is 40.1 Å². The van der Waals surface area contributed by atoms with E-state index in [9.17, 15) is 9.59 Å². The molecular weight excluding hydrogens is 386 g/mol. The number of halogens is 1. The van der Waals surface area contributed by atoms with Crippen LogP contribution in [0, 0.1) is 6.92 Å². The van der Waals surface area contributed by atoms with Crippen LogP contribution in [0.1, 0.15) is 16.1 Å². The van der Waals surface area contributed by atoms with Crippen LogP contribution in [0.4, 0.5) is 5.69 Å². The number of amides is 1. The van der Waals surface area contributed by atoms with E-state index < -0.39 is 18.5 Å². The van der Waals surface area contributed by atoms with Crippen LogP contribution in [-0.4, -0.2) is 32.7 Å². The third kappa shape index (κ3) is 3.89. The molecule has 8 heteroatoms. The average molecular weight is 404 g/mol. The van der Waals surface area contributed by atoms with Crippen molar-refractivity contribution in [2.45, 2.75) is 6.92 Å². The van der Waals surface area contributed by atoms with E-state index in [4.69, 9.17) is 30.2 Å². The van der Waals surface area contributed by atoms with E-state index in [-0.39, 0.29) is 5.76 Å². The summed E-state index contributed by atoms with van der Waals surface area (Å²) in [5, 5.41) is 3.73. The molecular formula is C20H18ClNO6. The lowest BCUT2D eigenvalue weighted by Gasteiger charge is -2.10. The Bertz CT molecular complexity index is 1040. The first-order chi connectivity index (χ1) is 13.4. The van der Waals surface area contributed by atoms with E-state index in [2.05, 4.69) is 5.32 Å². The van der Waals surface area contributed by atoms with Crippen molar-refractivity contribution in [1.82, 2.24) is 0 Å². The van der Waals surface area contributed by atoms with E-state index in [0.29, 0.717) is 38.7 Å². The summed E-state index contributed by atoms with van der Waals surface area (Å²) in [7, 11) is 3.01. The molecule has 0 aliphatic heterocycles. The zero-order valence-corrected chi connectivity index (χ0v) is 16.3. The lowest BCUT2D eigenvalue weighted by molar-refractivity contribution is -0.119. The number of para-hydroxylation sites is 1. The first-order valence-corrected chi connectivity index (χ1v) is 8.69. The molecule has 0 spiro atoms. The predicted octanol–water partition coefficient (Wildman–Crippen LogP) is 4.21. The van der Waals surface area contributed by atoms with Crippen molar-refractivity contribution < 1.29 is 28.2 Å². The van der Waals surface area contributed by atoms with Crippen molar-refractivity contribution in [2.75, 3.05) is 26.1 Å². The Morgan fingerprint density at radius 1 is 1.11 bits per heavy atom. The molecule has 1 amide bonds. The summed E-state index contributed by atoms with van der Waals surface area (Å²) < 4.78 is 20.9. The van der Waals surface area contributed by atoms with Crippen molar-refractivity contribution in [2.24, 2.45) is 0 Å². The number of carbonyl (C=O) groups is 2. The number of carbonyl (C=O) groups excluding carboxylic acids is 2. The van der Waals surface area contributed by atoms with Gasteiger partial charge in [-0.2, -0.15) is 0 Å². The van der Waals surface area contributed by atoms with Crippen LogP contribution in [0.25, 0.3) is 11.0 Å². The minimum Gasteiger partial charge on any atom is -0.493 e. The molecule has 1 N–H and O–H groups in total. The second-order valence-electron chi connectivity index (χ2n) is 5.87. The van der Waals surface area contributed by atoms with E-state index in [0.717, 1.165) is 0 Å². The number of esters is 1. The molecule has 0 aliphatic rings. The zero-order valence-electron chi connectivity index (χ0n) is 15.5. The van der Waals surface area contributed by atoms with Crippen molar-refractivity contribution in [3.05, 3.63) is 52.7 Å². The molecule has 146 valence electrons. The van der Waals surface area contributed by atoms with Crippen LogP contribution in [0.5, 0.6) is 11.5 Å². The Hall–Kier alpha value is -3.19. The SMILES string of the molecule is COc1ccc(NC(=O)COC(=O)c2oc3c(Cl)cccc3c2C)cc1OC. The first kappa shape index (κ1) is 19.6. The molecule has 0 unspecified atom stereocenters. The largest absolute Gasteiger partial charge is 0.493 e. The molecule has 0 radical (unpaired) electrons. The summed E-state index contributed by atoms with van der Waals surface area (Å²) in [6.07, 6.45) is 0. The predicted molar refractivity (Wildman–Crippen MR) is 104 cm³/mol. The third-order valence-electron chi connectivity index (χ3n) is 4.10. The van der Waals surface area contributed by atoms with Gasteiger partial charge in [0, 0.05) is 22.7 Å². The van der Waals surface area contributed by atoms with Gasteiger partial charge in [-0.1, -0.05) is 23.7 Å². The number of nitrogens with one attached hydrogen (secondary N) is 1. The van der Waals surface area contributed by atoms with Gasteiger partial charge >= 0.3 is 5.97 Å². The Morgan fingerprint density at radius 2 is 1.86 bits per heavy atom. The highest BCUT2D eigenvalue weighted by atomic mass is 35.5. The number of hydrogen-bond acceptors (Lipinski definition) is 6. The molecule has 0 bridgehead atoms. The smallest absolute Gasteiger partial charge is 0.375 e. The van der Waals surface area contributed by atoms with Gasteiger partial charge in [-0.3, -0.25) is 4.79 Å². The minimum atomic E-state index is -0.743. The number of hydrogen-bond donors (Lipinski definition) is 1. The van der Waals surface area contributed by atoms with Gasteiger partial charge in [0.1, 0.15) is 0 Å². The highest BCUT2D eigenvalue weighted by molar-refractivity contribution is 6.35. The van der Waals surface area contributed by atoms with E-state index in [1.807, 2.05) is 0 Å². The standard InChI is InChI=1S/C20H18ClNO6/c1-11-13-5-4-6-14(21)19(13)28-18(11)20(24)27-10-17(23)22-12-7-8-15(25-2)16(9-12)26-3/h4-9H,10H2,1-3H3,(H,22,23). The second-order valence-corrected chi connectivity index (χ2v) is 6.27. The number of furan rings is 1. The van der Waals surface area contributed by atoms with Crippen LogP contribution >= 0.6 is 11.6 Å². The fraction of sp³-hybridized carbons (Fsp3) is 0.200. The monoisotopic (exact) mass is 403 g/mol. The van der Waals surface area contributed by atoms with Crippen LogP contribution in [0.15, 0.2) is 40.8 Å². The van der Waals surface area contributed by atoms with E-state index in [1.54, 1.807) is 43.3 Å². The maximum absolute atomic E-state index is 12.3. The summed E-state index contributed by atoms with van der Waals surface area (Å²) in [6.45, 7) is 1.25. The molecule has 7 nitrogen and oxygen atoms in total. The van der Waals surface area contributed by atoms with Gasteiger partial charge in [0.25, 0.3) is 5.91 Å². The van der Waals surface area contributed by atoms with Gasteiger partial charge in [0.05, 0.1) is 19.2 Å². The van der Waals surface area contributed by atoms with Crippen molar-refractivity contribution in [3.63, 3.8) is 0 Å². The molecule has 3 aromatic rings. The fourth-order valence-electron chi connectivity index (χ4n) is 2.71. The number of fused-ring (bicyclic) bond motifs is 1.